The second kappa shape index (κ2) is 16.5. The summed E-state index contributed by atoms with van der Waals surface area (Å²) in [5.74, 6) is 3.23. The van der Waals surface area contributed by atoms with E-state index in [2.05, 4.69) is 59.4 Å². The number of nitrogens with one attached hydrogen (secondary N) is 2. The van der Waals surface area contributed by atoms with Crippen LogP contribution in [0.3, 0.4) is 0 Å². The zero-order chi connectivity index (χ0) is 38.0. The van der Waals surface area contributed by atoms with Gasteiger partial charge < -0.3 is 30.4 Å². The highest BCUT2D eigenvalue weighted by Crippen LogP contribution is 2.32. The number of ether oxygens (including phenoxy) is 2. The summed E-state index contributed by atoms with van der Waals surface area (Å²) in [4.78, 5) is 17.2. The van der Waals surface area contributed by atoms with Crippen LogP contribution in [0.2, 0.25) is 0 Å². The van der Waals surface area contributed by atoms with E-state index in [1.807, 2.05) is 76.5 Å². The number of rotatable bonds is 9. The van der Waals surface area contributed by atoms with E-state index < -0.39 is 0 Å². The van der Waals surface area contributed by atoms with Crippen LogP contribution in [0.25, 0.3) is 5.69 Å². The normalized spacial score (nSPS) is 10.3. The molecule has 266 valence electrons. The van der Waals surface area contributed by atoms with Crippen molar-refractivity contribution < 1.29 is 9.47 Å². The Morgan fingerprint density at radius 3 is 1.41 bits per heavy atom. The van der Waals surface area contributed by atoms with Gasteiger partial charge in [0.1, 0.15) is 11.5 Å². The summed E-state index contributed by atoms with van der Waals surface area (Å²) in [7, 11) is 0. The van der Waals surface area contributed by atoms with Gasteiger partial charge in [-0.1, -0.05) is 0 Å². The molecule has 12 nitrogen and oxygen atoms in total. The number of nitrogen functional groups attached to an aromatic ring is 1. The predicted octanol–water partition coefficient (Wildman–Crippen LogP) is 9.37. The van der Waals surface area contributed by atoms with Gasteiger partial charge in [-0.05, 0) is 135 Å². The van der Waals surface area contributed by atoms with Gasteiger partial charge >= 0.3 is 0 Å². The van der Waals surface area contributed by atoms with Crippen LogP contribution < -0.4 is 25.8 Å². The third kappa shape index (κ3) is 9.15. The molecule has 0 aliphatic rings. The minimum absolute atomic E-state index is 0.410. The molecular formula is C42H36N10O2. The smallest absolute Gasteiger partial charge is 0.230 e. The van der Waals surface area contributed by atoms with E-state index in [1.54, 1.807) is 60.9 Å². The maximum Gasteiger partial charge on any atom is 0.230 e. The molecule has 0 spiro atoms. The average Bonchev–Trinajstić information content (AvgIpc) is 3.71. The zero-order valence-electron chi connectivity index (χ0n) is 30.1. The molecule has 7 aromatic rings. The van der Waals surface area contributed by atoms with Gasteiger partial charge in [0.15, 0.2) is 0 Å². The summed E-state index contributed by atoms with van der Waals surface area (Å²) < 4.78 is 14.1. The van der Waals surface area contributed by atoms with E-state index in [0.717, 1.165) is 50.8 Å². The van der Waals surface area contributed by atoms with Gasteiger partial charge in [-0.2, -0.15) is 20.5 Å². The monoisotopic (exact) mass is 712 g/mol. The molecule has 0 atom stereocenters. The Hall–Kier alpha value is -7.70. The van der Waals surface area contributed by atoms with Crippen molar-refractivity contribution in [2.24, 2.45) is 0 Å². The molecule has 0 amide bonds. The second-order valence-electron chi connectivity index (χ2n) is 12.3. The van der Waals surface area contributed by atoms with E-state index in [0.29, 0.717) is 40.5 Å². The van der Waals surface area contributed by atoms with Crippen molar-refractivity contribution in [3.63, 3.8) is 0 Å². The molecule has 0 aliphatic carbocycles. The first-order chi connectivity index (χ1) is 26.2. The van der Waals surface area contributed by atoms with Gasteiger partial charge in [-0.3, -0.25) is 0 Å². The highest BCUT2D eigenvalue weighted by molar-refractivity contribution is 5.57. The van der Waals surface area contributed by atoms with E-state index in [9.17, 15) is 0 Å². The molecule has 0 aliphatic heterocycles. The quantitative estimate of drug-likeness (QED) is 0.122. The number of aryl methyl sites for hydroxylation is 4. The van der Waals surface area contributed by atoms with Gasteiger partial charge in [0.05, 0.1) is 23.3 Å². The Bertz CT molecular complexity index is 2420. The number of hydrogen-bond acceptors (Lipinski definition) is 11. The molecule has 3 heterocycles. The lowest BCUT2D eigenvalue weighted by Crippen LogP contribution is -2.00. The van der Waals surface area contributed by atoms with Crippen LogP contribution in [0, 0.1) is 50.4 Å². The van der Waals surface area contributed by atoms with Gasteiger partial charge in [0, 0.05) is 59.7 Å². The van der Waals surface area contributed by atoms with Crippen molar-refractivity contribution in [1.82, 2.24) is 24.5 Å². The number of hydrogen-bond donors (Lipinski definition) is 3. The lowest BCUT2D eigenvalue weighted by molar-refractivity contribution is 0.455. The third-order valence-corrected chi connectivity index (χ3v) is 8.04. The fourth-order valence-electron chi connectivity index (χ4n) is 5.53. The lowest BCUT2D eigenvalue weighted by Gasteiger charge is -2.14. The molecule has 4 aromatic carbocycles. The summed E-state index contributed by atoms with van der Waals surface area (Å²) in [6.45, 7) is 7.92. The maximum atomic E-state index is 8.90. The molecule has 0 radical (unpaired) electrons. The molecule has 7 rings (SSSR count). The molecule has 3 aromatic heterocycles. The Kier molecular flexibility index (Phi) is 11.1. The Morgan fingerprint density at radius 1 is 0.593 bits per heavy atom. The van der Waals surface area contributed by atoms with Crippen molar-refractivity contribution in [3.05, 3.63) is 155 Å². The Balaban J connectivity index is 0.000000186. The zero-order valence-corrected chi connectivity index (χ0v) is 30.1. The van der Waals surface area contributed by atoms with E-state index >= 15 is 0 Å². The van der Waals surface area contributed by atoms with Gasteiger partial charge in [-0.25, -0.2) is 9.97 Å². The highest BCUT2D eigenvalue weighted by Gasteiger charge is 2.12. The fraction of sp³-hybridized carbons (Fsp3) is 0.0952. The fourth-order valence-corrected chi connectivity index (χ4v) is 5.53. The number of nitrogens with two attached hydrogens (primary N) is 1. The van der Waals surface area contributed by atoms with Gasteiger partial charge in [0.2, 0.25) is 23.7 Å². The van der Waals surface area contributed by atoms with Crippen LogP contribution in [0.15, 0.2) is 122 Å². The predicted molar refractivity (Wildman–Crippen MR) is 209 cm³/mol. The minimum atomic E-state index is 0.410. The summed E-state index contributed by atoms with van der Waals surface area (Å²) in [6.07, 6.45) is 7.30. The number of nitrogens with zero attached hydrogens (tertiary/aromatic N) is 7. The highest BCUT2D eigenvalue weighted by atomic mass is 16.5. The average molecular weight is 713 g/mol. The van der Waals surface area contributed by atoms with E-state index in [-0.39, 0.29) is 0 Å². The van der Waals surface area contributed by atoms with Crippen molar-refractivity contribution >= 4 is 29.0 Å². The topological polar surface area (TPSA) is 173 Å². The van der Waals surface area contributed by atoms with Crippen molar-refractivity contribution in [3.8, 4) is 41.1 Å². The van der Waals surface area contributed by atoms with Crippen LogP contribution in [0.1, 0.15) is 33.4 Å². The number of nitriles is 2. The van der Waals surface area contributed by atoms with Crippen LogP contribution in [0.5, 0.6) is 23.3 Å². The lowest BCUT2D eigenvalue weighted by atomic mass is 10.1. The van der Waals surface area contributed by atoms with E-state index in [1.165, 1.54) is 0 Å². The SMILES string of the molecule is Cc1cc(-n2cccc2)cc(C)c1Oc1ccnc(Nc2ccc(C#N)cc2)n1.Cc1cc(N)cc(C)c1Oc1ccnc(Nc2ccc(C#N)cc2)n1. The molecule has 0 saturated carbocycles. The molecule has 54 heavy (non-hydrogen) atoms. The first-order valence-electron chi connectivity index (χ1n) is 16.8. The van der Waals surface area contributed by atoms with Crippen molar-refractivity contribution in [2.45, 2.75) is 27.7 Å². The standard InChI is InChI=1S/C23H19N5O.C19H17N5O/c1-16-13-20(28-11-3-4-12-28)14-17(2)22(16)29-21-9-10-25-23(27-21)26-19-7-5-18(15-24)6-8-19;1-12-9-15(21)10-13(2)18(12)25-17-7-8-22-19(24-17)23-16-5-3-14(11-20)4-6-16/h3-14H,1-2H3,(H,25,26,27);3-10H,21H2,1-2H3,(H,22,23,24). The van der Waals surface area contributed by atoms with Crippen molar-refractivity contribution in [1.29, 1.82) is 10.5 Å². The first-order valence-corrected chi connectivity index (χ1v) is 16.8. The summed E-state index contributed by atoms with van der Waals surface area (Å²) in [5, 5.41) is 23.9. The molecule has 0 fully saturated rings. The molecule has 0 saturated heterocycles. The van der Waals surface area contributed by atoms with E-state index in [4.69, 9.17) is 25.7 Å². The summed E-state index contributed by atoms with van der Waals surface area (Å²) >= 11 is 0. The number of anilines is 5. The van der Waals surface area contributed by atoms with Crippen LogP contribution >= 0.6 is 0 Å². The molecular weight excluding hydrogens is 677 g/mol. The Labute approximate surface area is 313 Å². The molecule has 4 N–H and O–H groups in total. The number of aromatic nitrogens is 5. The van der Waals surface area contributed by atoms with Crippen LogP contribution in [0.4, 0.5) is 29.0 Å². The largest absolute Gasteiger partial charge is 0.438 e. The maximum absolute atomic E-state index is 8.90. The van der Waals surface area contributed by atoms with Crippen molar-refractivity contribution in [2.75, 3.05) is 16.4 Å². The third-order valence-electron chi connectivity index (χ3n) is 8.04. The first kappa shape index (κ1) is 36.1. The number of benzene rings is 4. The second-order valence-corrected chi connectivity index (χ2v) is 12.3. The summed E-state index contributed by atoms with van der Waals surface area (Å²) in [6, 6.07) is 33.6. The molecule has 12 heteroatoms. The molecule has 0 unspecified atom stereocenters. The summed E-state index contributed by atoms with van der Waals surface area (Å²) in [5.41, 5.74) is 14.3. The Morgan fingerprint density at radius 2 is 1.00 bits per heavy atom. The molecule has 0 bridgehead atoms. The van der Waals surface area contributed by atoms with Gasteiger partial charge in [0.25, 0.3) is 0 Å². The van der Waals surface area contributed by atoms with Crippen LogP contribution in [-0.2, 0) is 0 Å². The van der Waals surface area contributed by atoms with Gasteiger partial charge in [-0.15, -0.1) is 0 Å². The van der Waals surface area contributed by atoms with Crippen LogP contribution in [-0.4, -0.2) is 24.5 Å². The minimum Gasteiger partial charge on any atom is -0.438 e.